The molecule has 0 saturated carbocycles. The summed E-state index contributed by atoms with van der Waals surface area (Å²) in [5.74, 6) is -0.0904. The smallest absolute Gasteiger partial charge is 0.243 e. The zero-order valence-corrected chi connectivity index (χ0v) is 27.4. The average Bonchev–Trinajstić information content (AvgIpc) is 2.99. The first-order valence-corrected chi connectivity index (χ1v) is 15.1. The minimum absolute atomic E-state index is 0.0279. The van der Waals surface area contributed by atoms with E-state index in [1.54, 1.807) is 7.11 Å². The molecule has 2 N–H and O–H groups in total. The molecule has 0 spiro atoms. The number of methoxy groups -OCH3 is 1. The van der Waals surface area contributed by atoms with E-state index < -0.39 is 12.1 Å². The summed E-state index contributed by atoms with van der Waals surface area (Å²) in [7, 11) is 3.19. The summed E-state index contributed by atoms with van der Waals surface area (Å²) in [6.07, 6.45) is 3.61. The molecule has 0 fully saturated rings. The Morgan fingerprint density at radius 3 is 2.17 bits per heavy atom. The fourth-order valence-electron chi connectivity index (χ4n) is 4.11. The Labute approximate surface area is 254 Å². The third-order valence-corrected chi connectivity index (χ3v) is 7.08. The molecule has 0 bridgehead atoms. The minimum Gasteiger partial charge on any atom is -0.381 e. The van der Waals surface area contributed by atoms with E-state index in [4.69, 9.17) is 19.2 Å². The number of aryl methyl sites for hydroxylation is 1. The van der Waals surface area contributed by atoms with Crippen LogP contribution >= 0.6 is 0 Å². The summed E-state index contributed by atoms with van der Waals surface area (Å²) in [6.45, 7) is 15.3. The Bertz CT molecular complexity index is 990. The van der Waals surface area contributed by atoms with Crippen molar-refractivity contribution in [3.8, 4) is 0 Å². The molecule has 8 heteroatoms. The number of amides is 1. The van der Waals surface area contributed by atoms with E-state index in [1.165, 1.54) is 31.1 Å². The van der Waals surface area contributed by atoms with E-state index in [2.05, 4.69) is 31.3 Å². The number of aliphatic hydroxyl groups excluding tert-OH is 1. The lowest BCUT2D eigenvalue weighted by Crippen LogP contribution is -2.56. The van der Waals surface area contributed by atoms with E-state index in [9.17, 15) is 9.90 Å². The van der Waals surface area contributed by atoms with Crippen molar-refractivity contribution in [3.05, 3.63) is 70.8 Å². The highest BCUT2D eigenvalue weighted by molar-refractivity contribution is 5.83. The largest absolute Gasteiger partial charge is 0.381 e. The van der Waals surface area contributed by atoms with Gasteiger partial charge in [0.25, 0.3) is 0 Å². The molecule has 0 aromatic heterocycles. The first-order valence-electron chi connectivity index (χ1n) is 15.1. The standard InChI is InChI=1S/C25H34N2O5.C5H12O.C4H10/c1-18-8-10-20(11-9-18)16-31-19(2)24(26-17-28)25(29)27-15-22-7-5-4-6-21(22)14-23(27)12-13-32-30-3;1-5(2,3)6-4;1-3-4-2/h4-11,19,23-24,26,28H,12-17H2,1-3H3;1-4H3;3-4H2,1-2H3/t19?,23-,24?;;/m0../s1. The summed E-state index contributed by atoms with van der Waals surface area (Å²) in [4.78, 5) is 25.3. The fraction of sp³-hybridized carbons (Fsp3) is 0.618. The molecule has 0 aliphatic carbocycles. The van der Waals surface area contributed by atoms with E-state index >= 15 is 0 Å². The zero-order valence-electron chi connectivity index (χ0n) is 27.4. The van der Waals surface area contributed by atoms with Crippen molar-refractivity contribution in [1.29, 1.82) is 0 Å². The van der Waals surface area contributed by atoms with Crippen molar-refractivity contribution < 1.29 is 29.1 Å². The molecule has 0 saturated heterocycles. The summed E-state index contributed by atoms with van der Waals surface area (Å²) in [5, 5.41) is 12.5. The highest BCUT2D eigenvalue weighted by Crippen LogP contribution is 2.26. The van der Waals surface area contributed by atoms with Crippen LogP contribution < -0.4 is 5.32 Å². The van der Waals surface area contributed by atoms with Gasteiger partial charge >= 0.3 is 0 Å². The molecule has 3 rings (SSSR count). The van der Waals surface area contributed by atoms with Crippen LogP contribution in [0.5, 0.6) is 0 Å². The third-order valence-electron chi connectivity index (χ3n) is 7.08. The quantitative estimate of drug-likeness (QED) is 0.137. The topological polar surface area (TPSA) is 89.5 Å². The van der Waals surface area contributed by atoms with Gasteiger partial charge in [0.2, 0.25) is 5.91 Å². The number of hydrogen-bond acceptors (Lipinski definition) is 7. The second kappa shape index (κ2) is 20.6. The molecule has 1 aliphatic rings. The molecule has 2 aromatic carbocycles. The molecule has 1 heterocycles. The van der Waals surface area contributed by atoms with Crippen LogP contribution in [0.15, 0.2) is 48.5 Å². The molecule has 0 radical (unpaired) electrons. The highest BCUT2D eigenvalue weighted by Gasteiger charge is 2.36. The van der Waals surface area contributed by atoms with Gasteiger partial charge in [-0.3, -0.25) is 10.1 Å². The van der Waals surface area contributed by atoms with Crippen LogP contribution in [0.25, 0.3) is 0 Å². The van der Waals surface area contributed by atoms with Crippen molar-refractivity contribution in [2.45, 2.75) is 111 Å². The van der Waals surface area contributed by atoms with Gasteiger partial charge in [0.05, 0.1) is 38.8 Å². The SMILES string of the molecule is CCCC.COC(C)(C)C.COOCC[C@H]1Cc2ccccc2CN1C(=O)C(NCO)C(C)OCc1ccc(C)cc1. The fourth-order valence-corrected chi connectivity index (χ4v) is 4.11. The maximum atomic E-state index is 13.6. The molecule has 238 valence electrons. The van der Waals surface area contributed by atoms with E-state index in [-0.39, 0.29) is 24.3 Å². The second-order valence-corrected chi connectivity index (χ2v) is 11.5. The summed E-state index contributed by atoms with van der Waals surface area (Å²) in [5.41, 5.74) is 4.65. The van der Waals surface area contributed by atoms with Crippen molar-refractivity contribution in [2.75, 3.05) is 27.6 Å². The lowest BCUT2D eigenvalue weighted by Gasteiger charge is -2.40. The van der Waals surface area contributed by atoms with Crippen LogP contribution in [0.2, 0.25) is 0 Å². The third kappa shape index (κ3) is 14.2. The minimum atomic E-state index is -0.665. The Balaban J connectivity index is 0.000000760. The van der Waals surface area contributed by atoms with Crippen LogP contribution in [0, 0.1) is 6.92 Å². The lowest BCUT2D eigenvalue weighted by molar-refractivity contribution is -0.274. The van der Waals surface area contributed by atoms with Crippen molar-refractivity contribution in [3.63, 3.8) is 0 Å². The normalized spacial score (nSPS) is 15.9. The molecular formula is C34H56N2O6. The van der Waals surface area contributed by atoms with E-state index in [1.807, 2.05) is 75.9 Å². The van der Waals surface area contributed by atoms with Gasteiger partial charge in [-0.2, -0.15) is 0 Å². The van der Waals surface area contributed by atoms with Gasteiger partial charge in [-0.15, -0.1) is 0 Å². The number of fused-ring (bicyclic) bond motifs is 1. The molecule has 1 amide bonds. The molecule has 3 atom stereocenters. The van der Waals surface area contributed by atoms with Gasteiger partial charge in [-0.1, -0.05) is 80.8 Å². The van der Waals surface area contributed by atoms with Crippen molar-refractivity contribution in [2.24, 2.45) is 0 Å². The number of ether oxygens (including phenoxy) is 2. The van der Waals surface area contributed by atoms with Crippen LogP contribution in [-0.4, -0.2) is 67.3 Å². The van der Waals surface area contributed by atoms with Gasteiger partial charge in [-0.25, -0.2) is 9.78 Å². The van der Waals surface area contributed by atoms with Crippen LogP contribution in [0.4, 0.5) is 0 Å². The number of nitrogens with one attached hydrogen (secondary N) is 1. The van der Waals surface area contributed by atoms with Gasteiger partial charge in [-0.05, 0) is 64.2 Å². The number of carbonyl (C=O) groups is 1. The number of nitrogens with zero attached hydrogens (tertiary/aromatic N) is 1. The average molecular weight is 589 g/mol. The van der Waals surface area contributed by atoms with Crippen molar-refractivity contribution >= 4 is 5.91 Å². The molecule has 8 nitrogen and oxygen atoms in total. The molecule has 2 aromatic rings. The monoisotopic (exact) mass is 588 g/mol. The van der Waals surface area contributed by atoms with Gasteiger partial charge in [0.1, 0.15) is 6.04 Å². The summed E-state index contributed by atoms with van der Waals surface area (Å²) in [6, 6.07) is 15.6. The summed E-state index contributed by atoms with van der Waals surface area (Å²) >= 11 is 0. The van der Waals surface area contributed by atoms with Crippen LogP contribution in [0.3, 0.4) is 0 Å². The predicted octanol–water partition coefficient (Wildman–Crippen LogP) is 5.97. The maximum absolute atomic E-state index is 13.6. The van der Waals surface area contributed by atoms with Crippen LogP contribution in [0.1, 0.15) is 83.1 Å². The molecule has 2 unspecified atom stereocenters. The molecule has 42 heavy (non-hydrogen) atoms. The predicted molar refractivity (Wildman–Crippen MR) is 169 cm³/mol. The Morgan fingerprint density at radius 2 is 1.64 bits per heavy atom. The van der Waals surface area contributed by atoms with Gasteiger partial charge < -0.3 is 19.5 Å². The number of carbonyl (C=O) groups excluding carboxylic acids is 1. The van der Waals surface area contributed by atoms with Crippen LogP contribution in [-0.2, 0) is 43.6 Å². The van der Waals surface area contributed by atoms with E-state index in [0.717, 1.165) is 17.5 Å². The van der Waals surface area contributed by atoms with Gasteiger partial charge in [0.15, 0.2) is 0 Å². The number of aliphatic hydroxyl groups is 1. The Kier molecular flexibility index (Phi) is 18.4. The van der Waals surface area contributed by atoms with E-state index in [0.29, 0.717) is 26.2 Å². The number of rotatable bonds is 12. The molecule has 1 aliphatic heterocycles. The van der Waals surface area contributed by atoms with Crippen molar-refractivity contribution in [1.82, 2.24) is 10.2 Å². The lowest BCUT2D eigenvalue weighted by atomic mass is 9.91. The summed E-state index contributed by atoms with van der Waals surface area (Å²) < 4.78 is 11.0. The second-order valence-electron chi connectivity index (χ2n) is 11.5. The Morgan fingerprint density at radius 1 is 1.05 bits per heavy atom. The molecular weight excluding hydrogens is 532 g/mol. The zero-order chi connectivity index (χ0) is 31.5. The maximum Gasteiger partial charge on any atom is 0.243 e. The number of hydrogen-bond donors (Lipinski definition) is 2. The Hall–Kier alpha value is -2.33. The number of unbranched alkanes of at least 4 members (excludes halogenated alkanes) is 1. The first-order chi connectivity index (χ1) is 20.0. The number of benzene rings is 2. The van der Waals surface area contributed by atoms with Gasteiger partial charge in [0, 0.05) is 19.7 Å². The highest BCUT2D eigenvalue weighted by atomic mass is 17.2. The first kappa shape index (κ1) is 37.7.